The van der Waals surface area contributed by atoms with Gasteiger partial charge >= 0.3 is 11.8 Å². The van der Waals surface area contributed by atoms with Gasteiger partial charge in [0, 0.05) is 0 Å². The molecule has 1 aromatic carbocycles. The van der Waals surface area contributed by atoms with E-state index in [0.29, 0.717) is 15.9 Å². The van der Waals surface area contributed by atoms with Crippen LogP contribution in [0.15, 0.2) is 24.3 Å². The molecule has 0 atom stereocenters. The first-order valence-corrected chi connectivity index (χ1v) is 5.22. The summed E-state index contributed by atoms with van der Waals surface area (Å²) >= 11 is 0. The van der Waals surface area contributed by atoms with Gasteiger partial charge in [-0.05, 0) is 24.0 Å². The summed E-state index contributed by atoms with van der Waals surface area (Å²) in [5.74, 6) is -0.441. The molecule has 2 rings (SSSR count). The highest BCUT2D eigenvalue weighted by Gasteiger charge is 2.17. The molecule has 0 saturated heterocycles. The first-order valence-electron chi connectivity index (χ1n) is 5.22. The maximum absolute atomic E-state index is 11.5. The minimum Gasteiger partial charge on any atom is -0.691 e. The lowest BCUT2D eigenvalue weighted by molar-refractivity contribution is -0.676. The van der Waals surface area contributed by atoms with E-state index in [1.807, 2.05) is 0 Å². The quantitative estimate of drug-likeness (QED) is 0.434. The fraction of sp³-hybridized carbons (Fsp3) is 0.273. The van der Waals surface area contributed by atoms with Crippen LogP contribution < -0.4 is 4.85 Å². The van der Waals surface area contributed by atoms with Crippen LogP contribution in [0.4, 0.5) is 0 Å². The van der Waals surface area contributed by atoms with Gasteiger partial charge in [0.25, 0.3) is 0 Å². The summed E-state index contributed by atoms with van der Waals surface area (Å²) < 4.78 is 4.75. The lowest BCUT2D eigenvalue weighted by Gasteiger charge is -2.04. The Kier molecular flexibility index (Phi) is 3.13. The lowest BCUT2D eigenvalue weighted by atomic mass is 10.3. The summed E-state index contributed by atoms with van der Waals surface area (Å²) in [5, 5.41) is 15.3. The van der Waals surface area contributed by atoms with Gasteiger partial charge in [0.15, 0.2) is 11.9 Å². The van der Waals surface area contributed by atoms with Crippen LogP contribution in [0.2, 0.25) is 0 Å². The number of rotatable bonds is 3. The summed E-state index contributed by atoms with van der Waals surface area (Å²) in [6, 6.07) is 6.98. The van der Waals surface area contributed by atoms with Crippen molar-refractivity contribution < 1.29 is 14.4 Å². The highest BCUT2D eigenvalue weighted by molar-refractivity contribution is 5.74. The van der Waals surface area contributed by atoms with Crippen molar-refractivity contribution >= 4 is 17.0 Å². The van der Waals surface area contributed by atoms with E-state index >= 15 is 0 Å². The molecule has 2 aromatic rings. The molecule has 88 valence electrons. The van der Waals surface area contributed by atoms with E-state index in [-0.39, 0.29) is 18.9 Å². The molecule has 0 radical (unpaired) electrons. The number of fused-ring (bicyclic) bond motifs is 1. The van der Waals surface area contributed by atoms with E-state index in [2.05, 4.69) is 10.1 Å². The molecule has 0 spiro atoms. The Morgan fingerprint density at radius 3 is 2.82 bits per heavy atom. The van der Waals surface area contributed by atoms with Crippen LogP contribution in [0.25, 0.3) is 11.0 Å². The summed E-state index contributed by atoms with van der Waals surface area (Å²) in [5.41, 5.74) is 1.08. The van der Waals surface area contributed by atoms with Crippen molar-refractivity contribution in [3.63, 3.8) is 0 Å². The number of hydrogen-bond acceptors (Lipinski definition) is 5. The van der Waals surface area contributed by atoms with Gasteiger partial charge in [0.2, 0.25) is 5.52 Å². The van der Waals surface area contributed by atoms with Gasteiger partial charge in [0.1, 0.15) is 0 Å². The van der Waals surface area contributed by atoms with E-state index in [0.717, 1.165) is 0 Å². The molecule has 0 fully saturated rings. The number of esters is 1. The summed E-state index contributed by atoms with van der Waals surface area (Å²) in [6.45, 7) is 1.98. The SMILES string of the molecule is CCOC(=O)Cc1nc2ccccc2n[n+]1[O-]. The number of para-hydroxylation sites is 1. The van der Waals surface area contributed by atoms with E-state index in [4.69, 9.17) is 4.74 Å². The zero-order valence-electron chi connectivity index (χ0n) is 9.29. The van der Waals surface area contributed by atoms with Gasteiger partial charge in [-0.1, -0.05) is 17.2 Å². The topological polar surface area (TPSA) is 79.0 Å². The maximum atomic E-state index is 11.5. The van der Waals surface area contributed by atoms with Crippen LogP contribution in [0.3, 0.4) is 0 Å². The zero-order chi connectivity index (χ0) is 12.3. The molecule has 0 amide bonds. The Labute approximate surface area is 97.4 Å². The Morgan fingerprint density at radius 1 is 1.41 bits per heavy atom. The van der Waals surface area contributed by atoms with Gasteiger partial charge in [-0.15, -0.1) is 4.85 Å². The number of aromatic nitrogens is 3. The Morgan fingerprint density at radius 2 is 2.12 bits per heavy atom. The number of carbonyl (C=O) groups is 1. The van der Waals surface area contributed by atoms with Crippen molar-refractivity contribution in [3.8, 4) is 0 Å². The van der Waals surface area contributed by atoms with Gasteiger partial charge in [0.05, 0.1) is 6.61 Å². The molecule has 0 aliphatic carbocycles. The summed E-state index contributed by atoms with van der Waals surface area (Å²) in [6.07, 6.45) is -0.171. The Bertz CT molecular complexity index is 557. The molecule has 0 aliphatic rings. The van der Waals surface area contributed by atoms with Crippen LogP contribution >= 0.6 is 0 Å². The second kappa shape index (κ2) is 4.73. The van der Waals surface area contributed by atoms with Crippen molar-refractivity contribution in [3.05, 3.63) is 35.3 Å². The highest BCUT2D eigenvalue weighted by Crippen LogP contribution is 2.06. The highest BCUT2D eigenvalue weighted by atomic mass is 16.5. The molecule has 1 heterocycles. The summed E-state index contributed by atoms with van der Waals surface area (Å²) in [7, 11) is 0. The Hall–Kier alpha value is -2.24. The molecule has 0 N–H and O–H groups in total. The molecule has 6 nitrogen and oxygen atoms in total. The molecule has 17 heavy (non-hydrogen) atoms. The van der Waals surface area contributed by atoms with Crippen LogP contribution in [-0.2, 0) is 16.0 Å². The predicted molar refractivity (Wildman–Crippen MR) is 58.8 cm³/mol. The van der Waals surface area contributed by atoms with Crippen molar-refractivity contribution in [1.82, 2.24) is 10.1 Å². The number of hydrogen-bond donors (Lipinski definition) is 0. The molecule has 1 aromatic heterocycles. The lowest BCUT2D eigenvalue weighted by Crippen LogP contribution is -2.39. The standard InChI is InChI=1S/C11H11N3O3/c1-2-17-11(15)7-10-12-8-5-3-4-6-9(8)13-14(10)16/h3-6H,2,7H2,1H3. The predicted octanol–water partition coefficient (Wildman–Crippen LogP) is 0.369. The maximum Gasteiger partial charge on any atom is 0.334 e. The molecule has 6 heteroatoms. The van der Waals surface area contributed by atoms with E-state index in [1.54, 1.807) is 31.2 Å². The van der Waals surface area contributed by atoms with Crippen molar-refractivity contribution in [2.24, 2.45) is 0 Å². The fourth-order valence-electron chi connectivity index (χ4n) is 1.43. The smallest absolute Gasteiger partial charge is 0.334 e. The normalized spacial score (nSPS) is 10.4. The monoisotopic (exact) mass is 233 g/mol. The minimum atomic E-state index is -0.485. The molecule has 0 bridgehead atoms. The average Bonchev–Trinajstić information content (AvgIpc) is 2.30. The number of ether oxygens (including phenoxy) is 1. The molecule has 0 saturated carbocycles. The van der Waals surface area contributed by atoms with Crippen LogP contribution in [-0.4, -0.2) is 22.7 Å². The van der Waals surface area contributed by atoms with Crippen molar-refractivity contribution in [1.29, 1.82) is 0 Å². The number of carbonyl (C=O) groups excluding carboxylic acids is 1. The van der Waals surface area contributed by atoms with Crippen molar-refractivity contribution in [2.75, 3.05) is 6.61 Å². The Balaban J connectivity index is 2.34. The van der Waals surface area contributed by atoms with Crippen LogP contribution in [0.1, 0.15) is 12.7 Å². The second-order valence-corrected chi connectivity index (χ2v) is 3.37. The van der Waals surface area contributed by atoms with Gasteiger partial charge in [-0.2, -0.15) is 0 Å². The van der Waals surface area contributed by atoms with Gasteiger partial charge in [-0.3, -0.25) is 4.79 Å². The van der Waals surface area contributed by atoms with E-state index in [1.165, 1.54) is 0 Å². The fourth-order valence-corrected chi connectivity index (χ4v) is 1.43. The first kappa shape index (κ1) is 11.3. The first-order chi connectivity index (χ1) is 8.20. The van der Waals surface area contributed by atoms with Crippen LogP contribution in [0, 0.1) is 5.21 Å². The largest absolute Gasteiger partial charge is 0.691 e. The van der Waals surface area contributed by atoms with E-state index in [9.17, 15) is 10.0 Å². The molecular formula is C11H11N3O3. The van der Waals surface area contributed by atoms with Crippen LogP contribution in [0.5, 0.6) is 0 Å². The minimum absolute atomic E-state index is 0.0437. The zero-order valence-corrected chi connectivity index (χ0v) is 9.29. The number of benzene rings is 1. The number of nitrogens with zero attached hydrogens (tertiary/aromatic N) is 3. The van der Waals surface area contributed by atoms with Crippen molar-refractivity contribution in [2.45, 2.75) is 13.3 Å². The molecule has 0 aliphatic heterocycles. The average molecular weight is 233 g/mol. The second-order valence-electron chi connectivity index (χ2n) is 3.37. The van der Waals surface area contributed by atoms with Gasteiger partial charge < -0.3 is 9.94 Å². The third-order valence-electron chi connectivity index (χ3n) is 2.16. The van der Waals surface area contributed by atoms with E-state index < -0.39 is 5.97 Å². The third kappa shape index (κ3) is 2.47. The molecule has 0 unspecified atom stereocenters. The third-order valence-corrected chi connectivity index (χ3v) is 2.16. The molecular weight excluding hydrogens is 222 g/mol. The summed E-state index contributed by atoms with van der Waals surface area (Å²) in [4.78, 5) is 15.7. The van der Waals surface area contributed by atoms with Gasteiger partial charge in [-0.25, -0.2) is 0 Å².